The monoisotopic (exact) mass is 302 g/mol. The van der Waals surface area contributed by atoms with Gasteiger partial charge in [0.1, 0.15) is 5.69 Å². The molecule has 0 aromatic heterocycles. The van der Waals surface area contributed by atoms with Crippen LogP contribution in [0.3, 0.4) is 0 Å². The van der Waals surface area contributed by atoms with Gasteiger partial charge in [-0.25, -0.2) is 22.0 Å². The Kier molecular flexibility index (Phi) is 4.02. The molecule has 0 aliphatic rings. The molecule has 0 aliphatic carbocycles. The van der Waals surface area contributed by atoms with Crippen LogP contribution in [0.15, 0.2) is 24.3 Å². The molecule has 0 atom stereocenters. The van der Waals surface area contributed by atoms with Crippen LogP contribution in [-0.4, -0.2) is 7.05 Å². The summed E-state index contributed by atoms with van der Waals surface area (Å²) in [5, 5.41) is 0. The maximum Gasteiger partial charge on any atom is 0.200 e. The van der Waals surface area contributed by atoms with Crippen molar-refractivity contribution in [2.75, 3.05) is 17.7 Å². The minimum Gasteiger partial charge on any atom is -0.399 e. The van der Waals surface area contributed by atoms with Crippen molar-refractivity contribution in [2.24, 2.45) is 0 Å². The molecule has 0 spiro atoms. The van der Waals surface area contributed by atoms with E-state index in [1.807, 2.05) is 0 Å². The zero-order valence-corrected chi connectivity index (χ0v) is 10.9. The molecule has 2 N–H and O–H groups in total. The standard InChI is InChI=1S/C14H11F5N2/c1-21(6-7-2-4-8(20)5-3-7)14-12(18)10(16)9(15)11(17)13(14)19/h2-5H,6,20H2,1H3. The van der Waals surface area contributed by atoms with E-state index in [-0.39, 0.29) is 6.54 Å². The first-order valence-electron chi connectivity index (χ1n) is 5.90. The van der Waals surface area contributed by atoms with Crippen LogP contribution in [0.4, 0.5) is 33.3 Å². The number of benzene rings is 2. The highest BCUT2D eigenvalue weighted by atomic mass is 19.2. The lowest BCUT2D eigenvalue weighted by atomic mass is 10.1. The maximum atomic E-state index is 13.6. The van der Waals surface area contributed by atoms with Crippen molar-refractivity contribution < 1.29 is 22.0 Å². The molecule has 0 amide bonds. The van der Waals surface area contributed by atoms with Crippen molar-refractivity contribution in [3.63, 3.8) is 0 Å². The topological polar surface area (TPSA) is 29.3 Å². The Balaban J connectivity index is 2.39. The van der Waals surface area contributed by atoms with E-state index >= 15 is 0 Å². The van der Waals surface area contributed by atoms with E-state index in [0.29, 0.717) is 11.3 Å². The molecule has 0 aliphatic heterocycles. The molecule has 2 aromatic rings. The van der Waals surface area contributed by atoms with Gasteiger partial charge >= 0.3 is 0 Å². The molecule has 0 bridgehead atoms. The Bertz CT molecular complexity index is 641. The summed E-state index contributed by atoms with van der Waals surface area (Å²) in [6.07, 6.45) is 0. The van der Waals surface area contributed by atoms with Gasteiger partial charge in [0.05, 0.1) is 0 Å². The zero-order valence-electron chi connectivity index (χ0n) is 10.9. The van der Waals surface area contributed by atoms with Crippen LogP contribution in [0.5, 0.6) is 0 Å². The van der Waals surface area contributed by atoms with Gasteiger partial charge in [-0.2, -0.15) is 0 Å². The summed E-state index contributed by atoms with van der Waals surface area (Å²) in [7, 11) is 1.23. The van der Waals surface area contributed by atoms with Crippen molar-refractivity contribution in [1.82, 2.24) is 0 Å². The molecule has 2 aromatic carbocycles. The van der Waals surface area contributed by atoms with E-state index in [0.717, 1.165) is 4.90 Å². The number of nitrogens with two attached hydrogens (primary N) is 1. The van der Waals surface area contributed by atoms with E-state index in [9.17, 15) is 22.0 Å². The number of halogens is 5. The molecule has 0 heterocycles. The predicted molar refractivity (Wildman–Crippen MR) is 69.2 cm³/mol. The van der Waals surface area contributed by atoms with E-state index in [1.165, 1.54) is 7.05 Å². The SMILES string of the molecule is CN(Cc1ccc(N)cc1)c1c(F)c(F)c(F)c(F)c1F. The molecular formula is C14H11F5N2. The van der Waals surface area contributed by atoms with Gasteiger partial charge in [0, 0.05) is 19.3 Å². The van der Waals surface area contributed by atoms with Crippen LogP contribution in [0.2, 0.25) is 0 Å². The summed E-state index contributed by atoms with van der Waals surface area (Å²) in [5.41, 5.74) is 5.63. The van der Waals surface area contributed by atoms with Gasteiger partial charge in [-0.3, -0.25) is 0 Å². The molecule has 2 nitrogen and oxygen atoms in total. The van der Waals surface area contributed by atoms with Gasteiger partial charge in [-0.1, -0.05) is 12.1 Å². The minimum absolute atomic E-state index is 0.0430. The number of hydrogen-bond acceptors (Lipinski definition) is 2. The Labute approximate surface area is 117 Å². The fourth-order valence-electron chi connectivity index (χ4n) is 1.90. The van der Waals surface area contributed by atoms with Gasteiger partial charge in [0.25, 0.3) is 0 Å². The highest BCUT2D eigenvalue weighted by molar-refractivity contribution is 5.51. The average molecular weight is 302 g/mol. The maximum absolute atomic E-state index is 13.6. The molecule has 0 unspecified atom stereocenters. The summed E-state index contributed by atoms with van der Waals surface area (Å²) in [6, 6.07) is 6.33. The molecule has 7 heteroatoms. The lowest BCUT2D eigenvalue weighted by Crippen LogP contribution is -2.21. The highest BCUT2D eigenvalue weighted by Crippen LogP contribution is 2.30. The molecule has 2 rings (SSSR count). The quantitative estimate of drug-likeness (QED) is 0.406. The largest absolute Gasteiger partial charge is 0.399 e. The Hall–Kier alpha value is -2.31. The van der Waals surface area contributed by atoms with Gasteiger partial charge < -0.3 is 10.6 Å². The molecule has 0 saturated heterocycles. The molecule has 112 valence electrons. The summed E-state index contributed by atoms with van der Waals surface area (Å²) < 4.78 is 66.5. The predicted octanol–water partition coefficient (Wildman–Crippen LogP) is 3.60. The average Bonchev–Trinajstić information content (AvgIpc) is 2.46. The Morgan fingerprint density at radius 3 is 1.71 bits per heavy atom. The van der Waals surface area contributed by atoms with E-state index in [4.69, 9.17) is 5.73 Å². The second-order valence-corrected chi connectivity index (χ2v) is 4.52. The second kappa shape index (κ2) is 5.59. The van der Waals surface area contributed by atoms with Crippen LogP contribution in [0.25, 0.3) is 0 Å². The van der Waals surface area contributed by atoms with E-state index in [2.05, 4.69) is 0 Å². The first kappa shape index (κ1) is 15.1. The zero-order chi connectivity index (χ0) is 15.7. The number of rotatable bonds is 3. The molecule has 0 saturated carbocycles. The molecule has 0 fully saturated rings. The molecular weight excluding hydrogens is 291 g/mol. The lowest BCUT2D eigenvalue weighted by Gasteiger charge is -2.21. The van der Waals surface area contributed by atoms with Crippen LogP contribution >= 0.6 is 0 Å². The summed E-state index contributed by atoms with van der Waals surface area (Å²) in [5.74, 6) is -9.82. The normalized spacial score (nSPS) is 10.8. The number of nitrogen functional groups attached to an aromatic ring is 1. The summed E-state index contributed by atoms with van der Waals surface area (Å²) in [6.45, 7) is -0.0430. The van der Waals surface area contributed by atoms with Gasteiger partial charge in [0.2, 0.25) is 5.82 Å². The van der Waals surface area contributed by atoms with E-state index < -0.39 is 34.8 Å². The van der Waals surface area contributed by atoms with Crippen molar-refractivity contribution in [1.29, 1.82) is 0 Å². The first-order valence-corrected chi connectivity index (χ1v) is 5.90. The van der Waals surface area contributed by atoms with Gasteiger partial charge in [-0.15, -0.1) is 0 Å². The van der Waals surface area contributed by atoms with Gasteiger partial charge in [0.15, 0.2) is 23.3 Å². The number of nitrogens with zero attached hydrogens (tertiary/aromatic N) is 1. The smallest absolute Gasteiger partial charge is 0.200 e. The first-order chi connectivity index (χ1) is 9.82. The van der Waals surface area contributed by atoms with Crippen LogP contribution < -0.4 is 10.6 Å². The van der Waals surface area contributed by atoms with Crippen LogP contribution in [0.1, 0.15) is 5.56 Å². The third-order valence-electron chi connectivity index (χ3n) is 2.97. The van der Waals surface area contributed by atoms with Gasteiger partial charge in [-0.05, 0) is 17.7 Å². The van der Waals surface area contributed by atoms with Crippen LogP contribution in [0, 0.1) is 29.1 Å². The number of anilines is 2. The second-order valence-electron chi connectivity index (χ2n) is 4.52. The highest BCUT2D eigenvalue weighted by Gasteiger charge is 2.27. The summed E-state index contributed by atoms with van der Waals surface area (Å²) >= 11 is 0. The third-order valence-corrected chi connectivity index (χ3v) is 2.97. The third kappa shape index (κ3) is 2.76. The van der Waals surface area contributed by atoms with Crippen molar-refractivity contribution in [2.45, 2.75) is 6.54 Å². The van der Waals surface area contributed by atoms with E-state index in [1.54, 1.807) is 24.3 Å². The fourth-order valence-corrected chi connectivity index (χ4v) is 1.90. The molecule has 21 heavy (non-hydrogen) atoms. The number of hydrogen-bond donors (Lipinski definition) is 1. The van der Waals surface area contributed by atoms with Crippen molar-refractivity contribution in [3.05, 3.63) is 58.9 Å². The van der Waals surface area contributed by atoms with Crippen LogP contribution in [-0.2, 0) is 6.54 Å². The minimum atomic E-state index is -2.17. The van der Waals surface area contributed by atoms with Crippen molar-refractivity contribution >= 4 is 11.4 Å². The van der Waals surface area contributed by atoms with Crippen molar-refractivity contribution in [3.8, 4) is 0 Å². The Morgan fingerprint density at radius 1 is 0.810 bits per heavy atom. The lowest BCUT2D eigenvalue weighted by molar-refractivity contribution is 0.379. The summed E-state index contributed by atoms with van der Waals surface area (Å²) in [4.78, 5) is 0.946. The fraction of sp³-hybridized carbons (Fsp3) is 0.143. The Morgan fingerprint density at radius 2 is 1.24 bits per heavy atom. The molecule has 0 radical (unpaired) electrons.